The van der Waals surface area contributed by atoms with E-state index in [0.717, 1.165) is 47.3 Å². The number of thiophene rings is 1. The average Bonchev–Trinajstić information content (AvgIpc) is 2.86. The van der Waals surface area contributed by atoms with Gasteiger partial charge in [-0.05, 0) is 55.3 Å². The van der Waals surface area contributed by atoms with E-state index in [4.69, 9.17) is 4.18 Å². The molecular weight excluding hydrogens is 328 g/mol. The summed E-state index contributed by atoms with van der Waals surface area (Å²) in [4.78, 5) is 14.1. The van der Waals surface area contributed by atoms with Crippen molar-refractivity contribution in [3.05, 3.63) is 45.8 Å². The van der Waals surface area contributed by atoms with Gasteiger partial charge < -0.3 is 9.29 Å². The number of fused-ring (bicyclic) bond motifs is 1. The van der Waals surface area contributed by atoms with Gasteiger partial charge in [-0.2, -0.15) is 0 Å². The molecule has 23 heavy (non-hydrogen) atoms. The van der Waals surface area contributed by atoms with Gasteiger partial charge in [-0.25, -0.2) is 4.79 Å². The first-order valence-corrected chi connectivity index (χ1v) is 9.13. The maximum atomic E-state index is 12.0. The van der Waals surface area contributed by atoms with E-state index in [0.29, 0.717) is 12.2 Å². The molecule has 0 atom stereocenters. The highest BCUT2D eigenvalue weighted by atomic mass is 32.1. The van der Waals surface area contributed by atoms with Crippen LogP contribution in [0.2, 0.25) is 0 Å². The maximum Gasteiger partial charge on any atom is 0.337 e. The number of hydrogen-bond acceptors (Lipinski definition) is 4. The quantitative estimate of drug-likeness (QED) is 0.594. The van der Waals surface area contributed by atoms with Crippen molar-refractivity contribution in [3.63, 3.8) is 0 Å². The minimum absolute atomic E-state index is 0.362. The van der Waals surface area contributed by atoms with Crippen LogP contribution >= 0.6 is 24.2 Å². The lowest BCUT2D eigenvalue weighted by Gasteiger charge is -2.10. The number of carbonyl (C=O) groups is 1. The van der Waals surface area contributed by atoms with Gasteiger partial charge in [0.05, 0.1) is 12.2 Å². The Bertz CT molecular complexity index is 706. The largest absolute Gasteiger partial charge is 0.478 e. The van der Waals surface area contributed by atoms with Crippen molar-refractivity contribution in [1.82, 2.24) is 0 Å². The lowest BCUT2D eigenvalue weighted by molar-refractivity contribution is 0.0697. The molecule has 0 radical (unpaired) electrons. The van der Waals surface area contributed by atoms with E-state index in [9.17, 15) is 9.90 Å². The molecule has 2 aromatic rings. The first kappa shape index (κ1) is 16.6. The van der Waals surface area contributed by atoms with Gasteiger partial charge in [0.15, 0.2) is 0 Å². The zero-order chi connectivity index (χ0) is 16.2. The molecule has 1 aromatic heterocycles. The van der Waals surface area contributed by atoms with E-state index < -0.39 is 5.97 Å². The summed E-state index contributed by atoms with van der Waals surface area (Å²) in [5, 5.41) is 9.82. The molecule has 0 saturated heterocycles. The molecule has 0 aliphatic heterocycles. The molecule has 0 amide bonds. The van der Waals surface area contributed by atoms with Crippen LogP contribution in [0.5, 0.6) is 0 Å². The highest BCUT2D eigenvalue weighted by Crippen LogP contribution is 2.41. The Hall–Kier alpha value is -1.30. The highest BCUT2D eigenvalue weighted by molar-refractivity contribution is 7.75. The monoisotopic (exact) mass is 348 g/mol. The van der Waals surface area contributed by atoms with E-state index in [1.165, 1.54) is 17.7 Å². The molecule has 0 saturated carbocycles. The third-order valence-corrected chi connectivity index (χ3v) is 5.82. The average molecular weight is 348 g/mol. The molecule has 1 aromatic carbocycles. The van der Waals surface area contributed by atoms with Gasteiger partial charge in [0.1, 0.15) is 0 Å². The van der Waals surface area contributed by atoms with Crippen LogP contribution in [0.1, 0.15) is 52.0 Å². The van der Waals surface area contributed by atoms with E-state index in [-0.39, 0.29) is 0 Å². The standard InChI is InChI=1S/C18H20O3S2/c19-18(20)16-14-9-3-1-2-4-10-15(14)23-17(16)13-8-6-5-7-12(13)11-21-22/h5-8,22H,1-4,9-11H2,(H,19,20). The fourth-order valence-electron chi connectivity index (χ4n) is 3.27. The fraction of sp³-hybridized carbons (Fsp3) is 0.389. The molecule has 0 spiro atoms. The van der Waals surface area contributed by atoms with Crippen molar-refractivity contribution in [2.75, 3.05) is 0 Å². The zero-order valence-electron chi connectivity index (χ0n) is 12.9. The topological polar surface area (TPSA) is 46.5 Å². The summed E-state index contributed by atoms with van der Waals surface area (Å²) < 4.78 is 4.98. The maximum absolute atomic E-state index is 12.0. The van der Waals surface area contributed by atoms with Crippen molar-refractivity contribution >= 4 is 30.2 Å². The smallest absolute Gasteiger partial charge is 0.337 e. The number of rotatable bonds is 4. The summed E-state index contributed by atoms with van der Waals surface area (Å²) in [6.07, 6.45) is 6.51. The van der Waals surface area contributed by atoms with Crippen molar-refractivity contribution in [2.24, 2.45) is 0 Å². The minimum atomic E-state index is -0.820. The summed E-state index contributed by atoms with van der Waals surface area (Å²) in [7, 11) is 0. The summed E-state index contributed by atoms with van der Waals surface area (Å²) >= 11 is 5.49. The Kier molecular flexibility index (Phi) is 5.41. The molecule has 1 N–H and O–H groups in total. The second-order valence-electron chi connectivity index (χ2n) is 5.86. The van der Waals surface area contributed by atoms with Gasteiger partial charge in [0, 0.05) is 9.75 Å². The minimum Gasteiger partial charge on any atom is -0.478 e. The summed E-state index contributed by atoms with van der Waals surface area (Å²) in [6, 6.07) is 7.83. The van der Waals surface area contributed by atoms with Gasteiger partial charge in [-0.1, -0.05) is 37.1 Å². The van der Waals surface area contributed by atoms with Crippen LogP contribution in [0.4, 0.5) is 0 Å². The SMILES string of the molecule is O=C(O)c1c(-c2ccccc2COS)sc2c1CCCCCC2. The van der Waals surface area contributed by atoms with Crippen LogP contribution in [0, 0.1) is 0 Å². The van der Waals surface area contributed by atoms with Crippen LogP contribution in [0.3, 0.4) is 0 Å². The normalized spacial score (nSPS) is 14.8. The summed E-state index contributed by atoms with van der Waals surface area (Å²) in [5.41, 5.74) is 3.48. The van der Waals surface area contributed by atoms with Crippen LogP contribution in [0.25, 0.3) is 10.4 Å². The number of carboxylic acids is 1. The Labute approximate surface area is 145 Å². The van der Waals surface area contributed by atoms with E-state index in [1.807, 2.05) is 24.3 Å². The van der Waals surface area contributed by atoms with Gasteiger partial charge in [0.25, 0.3) is 0 Å². The summed E-state index contributed by atoms with van der Waals surface area (Å²) in [5.74, 6) is -0.820. The van der Waals surface area contributed by atoms with Crippen molar-refractivity contribution in [2.45, 2.75) is 45.1 Å². The molecule has 5 heteroatoms. The van der Waals surface area contributed by atoms with Gasteiger partial charge in [0.2, 0.25) is 0 Å². The van der Waals surface area contributed by atoms with Gasteiger partial charge in [-0.15, -0.1) is 11.3 Å². The lowest BCUT2D eigenvalue weighted by Crippen LogP contribution is -2.05. The number of aromatic carboxylic acids is 1. The second-order valence-corrected chi connectivity index (χ2v) is 7.22. The number of hydrogen-bond donors (Lipinski definition) is 2. The van der Waals surface area contributed by atoms with Crippen LogP contribution in [0.15, 0.2) is 24.3 Å². The molecule has 0 fully saturated rings. The molecule has 1 aliphatic carbocycles. The molecule has 1 heterocycles. The Morgan fingerprint density at radius 1 is 1.17 bits per heavy atom. The third-order valence-electron chi connectivity index (χ3n) is 4.37. The number of carboxylic acid groups (broad SMARTS) is 1. The number of benzene rings is 1. The lowest BCUT2D eigenvalue weighted by atomic mass is 9.94. The van der Waals surface area contributed by atoms with E-state index in [1.54, 1.807) is 11.3 Å². The highest BCUT2D eigenvalue weighted by Gasteiger charge is 2.25. The Balaban J connectivity index is 2.16. The van der Waals surface area contributed by atoms with E-state index in [2.05, 4.69) is 12.9 Å². The third kappa shape index (κ3) is 3.47. The number of thiol groups is 1. The molecule has 1 aliphatic rings. The predicted octanol–water partition coefficient (Wildman–Crippen LogP) is 5.13. The Morgan fingerprint density at radius 2 is 1.91 bits per heavy atom. The zero-order valence-corrected chi connectivity index (χ0v) is 14.6. The Morgan fingerprint density at radius 3 is 2.65 bits per heavy atom. The fourth-order valence-corrected chi connectivity index (χ4v) is 4.85. The van der Waals surface area contributed by atoms with Crippen molar-refractivity contribution < 1.29 is 14.1 Å². The van der Waals surface area contributed by atoms with Crippen LogP contribution in [-0.2, 0) is 23.6 Å². The molecule has 0 bridgehead atoms. The molecule has 122 valence electrons. The molecule has 3 nitrogen and oxygen atoms in total. The predicted molar refractivity (Wildman–Crippen MR) is 96.4 cm³/mol. The first-order valence-electron chi connectivity index (χ1n) is 7.95. The van der Waals surface area contributed by atoms with Crippen molar-refractivity contribution in [3.8, 4) is 10.4 Å². The second kappa shape index (κ2) is 7.51. The summed E-state index contributed by atoms with van der Waals surface area (Å²) in [6.45, 7) is 0.362. The van der Waals surface area contributed by atoms with Gasteiger partial charge in [-0.3, -0.25) is 0 Å². The van der Waals surface area contributed by atoms with E-state index >= 15 is 0 Å². The molecule has 0 unspecified atom stereocenters. The van der Waals surface area contributed by atoms with Crippen molar-refractivity contribution in [1.29, 1.82) is 0 Å². The van der Waals surface area contributed by atoms with Crippen LogP contribution in [-0.4, -0.2) is 11.1 Å². The molecule has 3 rings (SSSR count). The number of aryl methyl sites for hydroxylation is 1. The molecular formula is C18H20O3S2. The van der Waals surface area contributed by atoms with Crippen LogP contribution < -0.4 is 0 Å². The van der Waals surface area contributed by atoms with Gasteiger partial charge >= 0.3 is 5.97 Å². The first-order chi connectivity index (χ1) is 11.2.